The van der Waals surface area contributed by atoms with Gasteiger partial charge >= 0.3 is 6.03 Å². The molecule has 0 bridgehead atoms. The van der Waals surface area contributed by atoms with E-state index < -0.39 is 5.82 Å². The predicted octanol–water partition coefficient (Wildman–Crippen LogP) is 4.07. The number of nitriles is 1. The molecule has 2 amide bonds. The third-order valence-electron chi connectivity index (χ3n) is 6.55. The molecule has 184 valence electrons. The van der Waals surface area contributed by atoms with E-state index in [1.54, 1.807) is 30.3 Å². The van der Waals surface area contributed by atoms with Gasteiger partial charge in [-0.2, -0.15) is 5.26 Å². The summed E-state index contributed by atoms with van der Waals surface area (Å²) in [5.41, 5.74) is 1.96. The second kappa shape index (κ2) is 9.64. The smallest absolute Gasteiger partial charge is 0.324 e. The van der Waals surface area contributed by atoms with E-state index in [-0.39, 0.29) is 27.9 Å². The third kappa shape index (κ3) is 4.30. The van der Waals surface area contributed by atoms with E-state index in [0.29, 0.717) is 35.5 Å². The van der Waals surface area contributed by atoms with Crippen LogP contribution in [0.1, 0.15) is 5.56 Å². The number of carbonyl (C=O) groups is 1. The maximum absolute atomic E-state index is 14.8. The van der Waals surface area contributed by atoms with Crippen LogP contribution >= 0.6 is 11.6 Å². The van der Waals surface area contributed by atoms with Crippen LogP contribution in [-0.2, 0) is 0 Å². The van der Waals surface area contributed by atoms with Gasteiger partial charge in [0.2, 0.25) is 0 Å². The highest BCUT2D eigenvalue weighted by molar-refractivity contribution is 6.34. The molecule has 2 N–H and O–H groups in total. The number of urea groups is 1. The standard InChI is InChI=1S/C26H24ClFN6O2/c1-32-8-9-34(26(32)36)24-18(15-29)10-17(11-22(24)27)21-14-19(28)13-20(25(21)35)16-2-3-31-23(12-16)33-6-4-30-5-7-33/h2-3,10-14,30,35H,4-9H2,1H3. The highest BCUT2D eigenvalue weighted by atomic mass is 35.5. The number of pyridine rings is 1. The first kappa shape index (κ1) is 23.9. The van der Waals surface area contributed by atoms with Crippen molar-refractivity contribution in [1.29, 1.82) is 5.26 Å². The van der Waals surface area contributed by atoms with E-state index in [9.17, 15) is 19.6 Å². The lowest BCUT2D eigenvalue weighted by atomic mass is 9.95. The summed E-state index contributed by atoms with van der Waals surface area (Å²) < 4.78 is 14.8. The maximum Gasteiger partial charge on any atom is 0.324 e. The van der Waals surface area contributed by atoms with E-state index in [0.717, 1.165) is 32.0 Å². The van der Waals surface area contributed by atoms with E-state index >= 15 is 0 Å². The molecule has 2 aliphatic rings. The number of phenols is 1. The Kier molecular flexibility index (Phi) is 6.39. The first-order valence-corrected chi connectivity index (χ1v) is 12.0. The molecule has 10 heteroatoms. The van der Waals surface area contributed by atoms with Gasteiger partial charge in [0.25, 0.3) is 0 Å². The summed E-state index contributed by atoms with van der Waals surface area (Å²) in [5, 5.41) is 24.5. The summed E-state index contributed by atoms with van der Waals surface area (Å²) in [6.07, 6.45) is 1.64. The predicted molar refractivity (Wildman–Crippen MR) is 137 cm³/mol. The molecule has 0 atom stereocenters. The van der Waals surface area contributed by atoms with Gasteiger partial charge in [-0.05, 0) is 47.5 Å². The molecule has 3 heterocycles. The summed E-state index contributed by atoms with van der Waals surface area (Å²) in [7, 11) is 1.68. The monoisotopic (exact) mass is 506 g/mol. The molecular formula is C26H24ClFN6O2. The maximum atomic E-state index is 14.8. The van der Waals surface area contributed by atoms with Crippen molar-refractivity contribution in [2.24, 2.45) is 0 Å². The second-order valence-electron chi connectivity index (χ2n) is 8.81. The van der Waals surface area contributed by atoms with Crippen LogP contribution in [0, 0.1) is 17.1 Å². The normalized spacial score (nSPS) is 15.9. The minimum Gasteiger partial charge on any atom is -0.507 e. The Morgan fingerprint density at radius 2 is 1.81 bits per heavy atom. The molecule has 5 rings (SSSR count). The number of anilines is 2. The molecular weight excluding hydrogens is 483 g/mol. The van der Waals surface area contributed by atoms with Crippen LogP contribution in [0.2, 0.25) is 5.02 Å². The molecule has 2 saturated heterocycles. The molecule has 0 spiro atoms. The van der Waals surface area contributed by atoms with Crippen molar-refractivity contribution in [3.8, 4) is 34.1 Å². The summed E-state index contributed by atoms with van der Waals surface area (Å²) >= 11 is 6.55. The fourth-order valence-electron chi connectivity index (χ4n) is 4.66. The summed E-state index contributed by atoms with van der Waals surface area (Å²) in [6, 6.07) is 10.9. The average molecular weight is 507 g/mol. The summed E-state index contributed by atoms with van der Waals surface area (Å²) in [4.78, 5) is 22.1. The molecule has 2 aromatic carbocycles. The first-order valence-electron chi connectivity index (χ1n) is 11.6. The number of piperazine rings is 1. The minimum atomic E-state index is -0.548. The fraction of sp³-hybridized carbons (Fsp3) is 0.269. The Labute approximate surface area is 213 Å². The Morgan fingerprint density at radius 3 is 2.47 bits per heavy atom. The molecule has 0 saturated carbocycles. The number of rotatable bonds is 4. The fourth-order valence-corrected chi connectivity index (χ4v) is 4.98. The van der Waals surface area contributed by atoms with Crippen LogP contribution in [0.25, 0.3) is 22.3 Å². The Hall–Kier alpha value is -3.87. The average Bonchev–Trinajstić information content (AvgIpc) is 3.22. The van der Waals surface area contributed by atoms with Crippen molar-refractivity contribution in [2.45, 2.75) is 0 Å². The van der Waals surface area contributed by atoms with Gasteiger partial charge in [-0.25, -0.2) is 14.2 Å². The minimum absolute atomic E-state index is 0.140. The van der Waals surface area contributed by atoms with Crippen LogP contribution in [0.15, 0.2) is 42.6 Å². The zero-order valence-electron chi connectivity index (χ0n) is 19.6. The third-order valence-corrected chi connectivity index (χ3v) is 6.84. The van der Waals surface area contributed by atoms with Gasteiger partial charge in [0.15, 0.2) is 0 Å². The van der Waals surface area contributed by atoms with E-state index in [1.807, 2.05) is 6.07 Å². The van der Waals surface area contributed by atoms with Crippen molar-refractivity contribution in [3.63, 3.8) is 0 Å². The van der Waals surface area contributed by atoms with Crippen molar-refractivity contribution in [1.82, 2.24) is 15.2 Å². The summed E-state index contributed by atoms with van der Waals surface area (Å²) in [6.45, 7) is 4.20. The molecule has 1 aromatic heterocycles. The van der Waals surface area contributed by atoms with Crippen LogP contribution < -0.4 is 15.1 Å². The summed E-state index contributed by atoms with van der Waals surface area (Å²) in [5.74, 6) is 0.0607. The number of phenolic OH excluding ortho intramolecular Hbond substituents is 1. The zero-order chi connectivity index (χ0) is 25.4. The topological polar surface area (TPSA) is 95.7 Å². The Bertz CT molecular complexity index is 1390. The molecule has 2 fully saturated rings. The molecule has 8 nitrogen and oxygen atoms in total. The van der Waals surface area contributed by atoms with Gasteiger partial charge in [-0.3, -0.25) is 4.90 Å². The van der Waals surface area contributed by atoms with Crippen molar-refractivity contribution >= 4 is 29.1 Å². The van der Waals surface area contributed by atoms with Crippen LogP contribution in [-0.4, -0.2) is 67.3 Å². The number of nitrogens with one attached hydrogen (secondary N) is 1. The molecule has 0 aliphatic carbocycles. The Morgan fingerprint density at radius 1 is 1.08 bits per heavy atom. The van der Waals surface area contributed by atoms with Gasteiger partial charge in [-0.1, -0.05) is 11.6 Å². The number of aromatic nitrogens is 1. The number of carbonyl (C=O) groups excluding carboxylic acids is 1. The van der Waals surface area contributed by atoms with E-state index in [2.05, 4.69) is 21.3 Å². The molecule has 2 aliphatic heterocycles. The van der Waals surface area contributed by atoms with Gasteiger partial charge in [0.1, 0.15) is 23.5 Å². The Balaban J connectivity index is 1.57. The van der Waals surface area contributed by atoms with Crippen LogP contribution in [0.4, 0.5) is 20.7 Å². The first-order chi connectivity index (χ1) is 17.4. The van der Waals surface area contributed by atoms with E-state index in [1.165, 1.54) is 23.1 Å². The largest absolute Gasteiger partial charge is 0.507 e. The quantitative estimate of drug-likeness (QED) is 0.554. The number of nitrogens with zero attached hydrogens (tertiary/aromatic N) is 5. The van der Waals surface area contributed by atoms with Gasteiger partial charge in [-0.15, -0.1) is 0 Å². The zero-order valence-corrected chi connectivity index (χ0v) is 20.4. The number of amides is 2. The number of hydrogen-bond acceptors (Lipinski definition) is 6. The van der Waals surface area contributed by atoms with Crippen molar-refractivity contribution in [3.05, 3.63) is 59.0 Å². The highest BCUT2D eigenvalue weighted by Crippen LogP contribution is 2.43. The number of aromatic hydroxyl groups is 1. The van der Waals surface area contributed by atoms with Crippen LogP contribution in [0.5, 0.6) is 5.75 Å². The van der Waals surface area contributed by atoms with Crippen molar-refractivity contribution in [2.75, 3.05) is 56.1 Å². The molecule has 0 radical (unpaired) electrons. The lowest BCUT2D eigenvalue weighted by Gasteiger charge is -2.28. The molecule has 3 aromatic rings. The lowest BCUT2D eigenvalue weighted by molar-refractivity contribution is 0.229. The molecule has 36 heavy (non-hydrogen) atoms. The van der Waals surface area contributed by atoms with Crippen molar-refractivity contribution < 1.29 is 14.3 Å². The SMILES string of the molecule is CN1CCN(c2c(Cl)cc(-c3cc(F)cc(-c4ccnc(N5CCNCC5)c4)c3O)cc2C#N)C1=O. The lowest BCUT2D eigenvalue weighted by Crippen LogP contribution is -2.43. The van der Waals surface area contributed by atoms with Gasteiger partial charge in [0, 0.05) is 63.6 Å². The van der Waals surface area contributed by atoms with E-state index in [4.69, 9.17) is 11.6 Å². The van der Waals surface area contributed by atoms with Gasteiger partial charge in [0.05, 0.1) is 16.3 Å². The van der Waals surface area contributed by atoms with Gasteiger partial charge < -0.3 is 20.2 Å². The highest BCUT2D eigenvalue weighted by Gasteiger charge is 2.31. The number of benzene rings is 2. The number of likely N-dealkylation sites (N-methyl/N-ethyl adjacent to an activating group) is 1. The van der Waals surface area contributed by atoms with Crippen LogP contribution in [0.3, 0.4) is 0 Å². The number of halogens is 2. The number of hydrogen-bond donors (Lipinski definition) is 2. The second-order valence-corrected chi connectivity index (χ2v) is 9.22. The molecule has 0 unspecified atom stereocenters.